The van der Waals surface area contributed by atoms with Gasteiger partial charge in [0, 0.05) is 53.1 Å². The average molecular weight is 700 g/mol. The Morgan fingerprint density at radius 2 is 1.78 bits per heavy atom. The van der Waals surface area contributed by atoms with Gasteiger partial charge in [-0.15, -0.1) is 0 Å². The molecule has 1 atom stereocenters. The highest BCUT2D eigenvalue weighted by Crippen LogP contribution is 2.45. The smallest absolute Gasteiger partial charge is 0.337 e. The highest BCUT2D eigenvalue weighted by atomic mass is 35.5. The van der Waals surface area contributed by atoms with E-state index in [-0.39, 0.29) is 17.5 Å². The largest absolute Gasteiger partial charge is 0.494 e. The number of fused-ring (bicyclic) bond motifs is 4. The van der Waals surface area contributed by atoms with Crippen LogP contribution in [0.25, 0.3) is 27.7 Å². The summed E-state index contributed by atoms with van der Waals surface area (Å²) in [6, 6.07) is 10.8. The van der Waals surface area contributed by atoms with Crippen molar-refractivity contribution in [2.75, 3.05) is 18.1 Å². The van der Waals surface area contributed by atoms with Crippen LogP contribution in [0.3, 0.4) is 0 Å². The minimum atomic E-state index is -1.03. The zero-order valence-electron chi connectivity index (χ0n) is 28.1. The van der Waals surface area contributed by atoms with E-state index >= 15 is 0 Å². The number of anilines is 1. The first kappa shape index (κ1) is 32.7. The van der Waals surface area contributed by atoms with E-state index in [2.05, 4.69) is 16.6 Å². The Kier molecular flexibility index (Phi) is 8.19. The van der Waals surface area contributed by atoms with Crippen molar-refractivity contribution in [2.45, 2.75) is 53.5 Å². The van der Waals surface area contributed by atoms with Gasteiger partial charge in [-0.1, -0.05) is 29.3 Å². The number of imidazole rings is 1. The van der Waals surface area contributed by atoms with Gasteiger partial charge in [-0.2, -0.15) is 5.10 Å². The molecule has 1 amide bonds. The van der Waals surface area contributed by atoms with Gasteiger partial charge >= 0.3 is 5.97 Å². The zero-order valence-corrected chi connectivity index (χ0v) is 29.6. The third-order valence-electron chi connectivity index (χ3n) is 9.53. The van der Waals surface area contributed by atoms with Crippen molar-refractivity contribution >= 4 is 57.4 Å². The van der Waals surface area contributed by atoms with Crippen LogP contribution in [0.5, 0.6) is 5.75 Å². The van der Waals surface area contributed by atoms with Crippen LogP contribution in [0.4, 0.5) is 5.82 Å². The molecule has 6 aromatic rings. The zero-order chi connectivity index (χ0) is 34.9. The lowest BCUT2D eigenvalue weighted by Gasteiger charge is -2.33. The third kappa shape index (κ3) is 5.43. The van der Waals surface area contributed by atoms with Gasteiger partial charge in [-0.25, -0.2) is 9.78 Å². The van der Waals surface area contributed by atoms with Crippen LogP contribution >= 0.6 is 23.2 Å². The molecule has 10 nitrogen and oxygen atoms in total. The fourth-order valence-electron chi connectivity index (χ4n) is 7.16. The monoisotopic (exact) mass is 698 g/mol. The second-order valence-electron chi connectivity index (χ2n) is 12.9. The Morgan fingerprint density at radius 3 is 2.45 bits per heavy atom. The van der Waals surface area contributed by atoms with Crippen molar-refractivity contribution < 1.29 is 19.4 Å². The molecule has 7 rings (SSSR count). The number of carbonyl (C=O) groups excluding carboxylic acids is 1. The molecule has 0 saturated carbocycles. The van der Waals surface area contributed by atoms with E-state index in [1.54, 1.807) is 21.6 Å². The number of aromatic nitrogens is 5. The van der Waals surface area contributed by atoms with E-state index in [0.29, 0.717) is 48.2 Å². The van der Waals surface area contributed by atoms with Crippen LogP contribution in [0.15, 0.2) is 48.8 Å². The number of carboxylic acid groups (broad SMARTS) is 1. The number of pyridine rings is 1. The van der Waals surface area contributed by atoms with Crippen molar-refractivity contribution in [3.8, 4) is 16.9 Å². The molecular weight excluding hydrogens is 663 g/mol. The first-order valence-electron chi connectivity index (χ1n) is 16.1. The Morgan fingerprint density at radius 1 is 1.04 bits per heavy atom. The molecule has 1 N–H and O–H groups in total. The number of aromatic carboxylic acids is 1. The molecule has 49 heavy (non-hydrogen) atoms. The molecule has 2 aromatic carbocycles. The summed E-state index contributed by atoms with van der Waals surface area (Å²) in [4.78, 5) is 32.7. The van der Waals surface area contributed by atoms with E-state index in [9.17, 15) is 14.7 Å². The van der Waals surface area contributed by atoms with Crippen LogP contribution in [-0.2, 0) is 13.5 Å². The Balaban J connectivity index is 1.34. The lowest BCUT2D eigenvalue weighted by Crippen LogP contribution is -2.43. The Labute approximate surface area is 293 Å². The number of nitrogens with zero attached hydrogens (tertiary/aromatic N) is 6. The van der Waals surface area contributed by atoms with Crippen molar-refractivity contribution in [1.82, 2.24) is 23.7 Å². The standard InChI is InChI=1S/C37H36Cl2N6O4/c1-19-14-25(15-20(2)33(19)39)49-13-7-8-26-27-10-11-28(38)32(31-22(4)41-42(6)23(31)5)34(27)45-21(3)16-44(36(46)35(26)45)30-18-43-17-24(37(47)48)9-12-29(43)40-30/h9-12,14-15,17-18,21H,7-8,13,16H2,1-6H3,(H,47,48)/t21-/m1/s1. The van der Waals surface area contributed by atoms with E-state index in [0.717, 1.165) is 60.9 Å². The predicted octanol–water partition coefficient (Wildman–Crippen LogP) is 8.16. The average Bonchev–Trinajstić information content (AvgIpc) is 3.71. The van der Waals surface area contributed by atoms with Gasteiger partial charge in [0.15, 0.2) is 5.82 Å². The fraction of sp³-hybridized carbons (Fsp3) is 0.297. The van der Waals surface area contributed by atoms with Crippen molar-refractivity contribution in [3.63, 3.8) is 0 Å². The number of aryl methyl sites for hydroxylation is 5. The fourth-order valence-corrected chi connectivity index (χ4v) is 7.52. The summed E-state index contributed by atoms with van der Waals surface area (Å²) in [6.07, 6.45) is 4.45. The first-order valence-corrected chi connectivity index (χ1v) is 16.9. The number of hydrogen-bond acceptors (Lipinski definition) is 5. The van der Waals surface area contributed by atoms with Gasteiger partial charge in [0.05, 0.1) is 34.6 Å². The third-order valence-corrected chi connectivity index (χ3v) is 10.4. The minimum absolute atomic E-state index is 0.133. The van der Waals surface area contributed by atoms with E-state index < -0.39 is 5.97 Å². The maximum absolute atomic E-state index is 14.7. The van der Waals surface area contributed by atoms with E-state index in [1.807, 2.05) is 63.7 Å². The van der Waals surface area contributed by atoms with E-state index in [4.69, 9.17) is 32.9 Å². The normalized spacial score (nSPS) is 14.7. The van der Waals surface area contributed by atoms with Crippen LogP contribution < -0.4 is 9.64 Å². The summed E-state index contributed by atoms with van der Waals surface area (Å²) in [5, 5.41) is 16.5. The molecule has 1 aliphatic heterocycles. The molecule has 0 unspecified atom stereocenters. The Bertz CT molecular complexity index is 2310. The number of halogens is 2. The maximum Gasteiger partial charge on any atom is 0.337 e. The van der Waals surface area contributed by atoms with Crippen LogP contribution in [0.2, 0.25) is 10.0 Å². The summed E-state index contributed by atoms with van der Waals surface area (Å²) >= 11 is 13.4. The molecule has 1 aliphatic rings. The molecule has 0 radical (unpaired) electrons. The molecule has 4 aromatic heterocycles. The van der Waals surface area contributed by atoms with Gasteiger partial charge in [0.1, 0.15) is 17.1 Å². The molecule has 5 heterocycles. The number of rotatable bonds is 8. The van der Waals surface area contributed by atoms with Crippen LogP contribution in [-0.4, -0.2) is 53.9 Å². The maximum atomic E-state index is 14.7. The van der Waals surface area contributed by atoms with E-state index in [1.165, 1.54) is 12.3 Å². The number of hydrogen-bond donors (Lipinski definition) is 1. The molecule has 0 spiro atoms. The molecule has 12 heteroatoms. The van der Waals surface area contributed by atoms with Gasteiger partial charge in [0.25, 0.3) is 5.91 Å². The molecule has 252 valence electrons. The van der Waals surface area contributed by atoms with Crippen molar-refractivity contribution in [2.24, 2.45) is 7.05 Å². The topological polar surface area (TPSA) is 107 Å². The molecule has 0 aliphatic carbocycles. The summed E-state index contributed by atoms with van der Waals surface area (Å²) in [7, 11) is 1.92. The van der Waals surface area contributed by atoms with Gasteiger partial charge in [-0.05, 0) is 94.5 Å². The number of benzene rings is 2. The molecule has 0 fully saturated rings. The number of carbonyl (C=O) groups is 2. The lowest BCUT2D eigenvalue weighted by atomic mass is 9.98. The van der Waals surface area contributed by atoms with Gasteiger partial charge < -0.3 is 18.8 Å². The Hall–Kier alpha value is -4.80. The second-order valence-corrected chi connectivity index (χ2v) is 13.6. The van der Waals surface area contributed by atoms with Crippen LogP contribution in [0.1, 0.15) is 68.3 Å². The molecular formula is C37H36Cl2N6O4. The van der Waals surface area contributed by atoms with Gasteiger partial charge in [-0.3, -0.25) is 14.4 Å². The predicted molar refractivity (Wildman–Crippen MR) is 192 cm³/mol. The highest BCUT2D eigenvalue weighted by Gasteiger charge is 2.37. The molecule has 0 bridgehead atoms. The number of ether oxygens (including phenoxy) is 1. The van der Waals surface area contributed by atoms with Crippen LogP contribution in [0, 0.1) is 27.7 Å². The summed E-state index contributed by atoms with van der Waals surface area (Å²) in [5.41, 5.74) is 8.66. The summed E-state index contributed by atoms with van der Waals surface area (Å²) in [6.45, 7) is 10.8. The summed E-state index contributed by atoms with van der Waals surface area (Å²) in [5.74, 6) is -0.00464. The quantitative estimate of drug-likeness (QED) is 0.161. The minimum Gasteiger partial charge on any atom is -0.494 e. The molecule has 0 saturated heterocycles. The first-order chi connectivity index (χ1) is 23.3. The van der Waals surface area contributed by atoms with Gasteiger partial charge in [0.2, 0.25) is 0 Å². The number of carboxylic acids is 1. The number of amides is 1. The van der Waals surface area contributed by atoms with Crippen molar-refractivity contribution in [1.29, 1.82) is 0 Å². The van der Waals surface area contributed by atoms with Crippen molar-refractivity contribution in [3.05, 3.63) is 98.2 Å². The SMILES string of the molecule is Cc1cc(OCCCc2c3n(c4c(-c5c(C)nn(C)c5C)c(Cl)ccc24)[C@H](C)CN(c2cn4cc(C(=O)O)ccc4n2)C3=O)cc(C)c1Cl. The lowest BCUT2D eigenvalue weighted by molar-refractivity contribution is 0.0696. The highest BCUT2D eigenvalue weighted by molar-refractivity contribution is 6.35. The summed E-state index contributed by atoms with van der Waals surface area (Å²) < 4.78 is 11.8. The second kappa shape index (κ2) is 12.3.